The second kappa shape index (κ2) is 14.7. The standard InChI is InChI=1S/C31H36N6O7/c1-4-33-31(42)35-24-16-20(29(40)34-23(18-28(38)39)22-6-5-11-32-19-22)7-9-25(24)36-12-14-37(15-13-36)30(41)21-8-10-26(43-2)27(17-21)44-3/h5-11,16-17,19,23H,4,12-15,18H2,1-3H3,(H,34,40)(H,38,39)(H2,33,35,42). The molecule has 4 amide bonds. The number of benzene rings is 2. The summed E-state index contributed by atoms with van der Waals surface area (Å²) in [6.45, 7) is 4.02. The highest BCUT2D eigenvalue weighted by Gasteiger charge is 2.26. The maximum atomic E-state index is 13.3. The van der Waals surface area contributed by atoms with E-state index in [1.165, 1.54) is 20.4 Å². The Morgan fingerprint density at radius 1 is 0.955 bits per heavy atom. The van der Waals surface area contributed by atoms with Gasteiger partial charge in [0.05, 0.1) is 38.1 Å². The lowest BCUT2D eigenvalue weighted by Crippen LogP contribution is -2.49. The van der Waals surface area contributed by atoms with E-state index in [2.05, 4.69) is 20.9 Å². The van der Waals surface area contributed by atoms with Crippen molar-refractivity contribution in [3.63, 3.8) is 0 Å². The predicted molar refractivity (Wildman–Crippen MR) is 163 cm³/mol. The highest BCUT2D eigenvalue weighted by molar-refractivity contribution is 6.00. The Morgan fingerprint density at radius 3 is 2.32 bits per heavy atom. The van der Waals surface area contributed by atoms with Crippen LogP contribution in [0.25, 0.3) is 0 Å². The first kappa shape index (κ1) is 31.6. The fraction of sp³-hybridized carbons (Fsp3) is 0.323. The molecule has 0 aliphatic carbocycles. The molecule has 1 aliphatic heterocycles. The number of hydrogen-bond donors (Lipinski definition) is 4. The highest BCUT2D eigenvalue weighted by Crippen LogP contribution is 2.31. The summed E-state index contributed by atoms with van der Waals surface area (Å²) in [5, 5.41) is 17.7. The van der Waals surface area contributed by atoms with E-state index in [0.717, 1.165) is 0 Å². The number of nitrogens with zero attached hydrogens (tertiary/aromatic N) is 3. The van der Waals surface area contributed by atoms with Crippen molar-refractivity contribution in [1.29, 1.82) is 0 Å². The first-order valence-corrected chi connectivity index (χ1v) is 14.1. The summed E-state index contributed by atoms with van der Waals surface area (Å²) < 4.78 is 10.6. The van der Waals surface area contributed by atoms with Gasteiger partial charge in [0, 0.05) is 56.2 Å². The van der Waals surface area contributed by atoms with Crippen molar-refractivity contribution < 1.29 is 33.8 Å². The molecule has 1 saturated heterocycles. The monoisotopic (exact) mass is 604 g/mol. The van der Waals surface area contributed by atoms with Crippen LogP contribution in [0, 0.1) is 0 Å². The van der Waals surface area contributed by atoms with Crippen LogP contribution in [-0.4, -0.2) is 85.7 Å². The summed E-state index contributed by atoms with van der Waals surface area (Å²) in [5.74, 6) is -0.708. The summed E-state index contributed by atoms with van der Waals surface area (Å²) in [4.78, 5) is 58.3. The fourth-order valence-electron chi connectivity index (χ4n) is 4.93. The first-order valence-electron chi connectivity index (χ1n) is 14.1. The average molecular weight is 605 g/mol. The van der Waals surface area contributed by atoms with Crippen molar-refractivity contribution in [2.24, 2.45) is 0 Å². The minimum Gasteiger partial charge on any atom is -0.493 e. The zero-order chi connectivity index (χ0) is 31.6. The van der Waals surface area contributed by atoms with Gasteiger partial charge < -0.3 is 40.3 Å². The maximum absolute atomic E-state index is 13.3. The molecule has 44 heavy (non-hydrogen) atoms. The summed E-state index contributed by atoms with van der Waals surface area (Å²) in [6, 6.07) is 12.1. The molecular formula is C31H36N6O7. The third-order valence-electron chi connectivity index (χ3n) is 7.15. The van der Waals surface area contributed by atoms with E-state index < -0.39 is 23.9 Å². The molecule has 0 spiro atoms. The first-order chi connectivity index (χ1) is 21.2. The molecule has 4 rings (SSSR count). The predicted octanol–water partition coefficient (Wildman–Crippen LogP) is 3.15. The molecule has 13 heteroatoms. The van der Waals surface area contributed by atoms with Crippen LogP contribution in [0.4, 0.5) is 16.2 Å². The van der Waals surface area contributed by atoms with Gasteiger partial charge in [0.25, 0.3) is 11.8 Å². The van der Waals surface area contributed by atoms with Gasteiger partial charge in [-0.05, 0) is 55.0 Å². The van der Waals surface area contributed by atoms with Gasteiger partial charge in [0.1, 0.15) is 0 Å². The lowest BCUT2D eigenvalue weighted by molar-refractivity contribution is -0.137. The number of pyridine rings is 1. The van der Waals surface area contributed by atoms with Gasteiger partial charge in [0.15, 0.2) is 11.5 Å². The van der Waals surface area contributed by atoms with Crippen LogP contribution in [0.1, 0.15) is 45.7 Å². The number of anilines is 2. The number of hydrogen-bond acceptors (Lipinski definition) is 8. The Balaban J connectivity index is 1.52. The number of carboxylic acid groups (broad SMARTS) is 1. The minimum absolute atomic E-state index is 0.136. The number of methoxy groups -OCH3 is 2. The zero-order valence-electron chi connectivity index (χ0n) is 24.8. The van der Waals surface area contributed by atoms with E-state index in [4.69, 9.17) is 9.47 Å². The van der Waals surface area contributed by atoms with Crippen molar-refractivity contribution in [3.05, 3.63) is 77.6 Å². The van der Waals surface area contributed by atoms with Crippen LogP contribution >= 0.6 is 0 Å². The van der Waals surface area contributed by atoms with Crippen molar-refractivity contribution in [2.75, 3.05) is 57.2 Å². The lowest BCUT2D eigenvalue weighted by Gasteiger charge is -2.37. The third-order valence-corrected chi connectivity index (χ3v) is 7.15. The normalized spacial score (nSPS) is 13.4. The van der Waals surface area contributed by atoms with Gasteiger partial charge in [-0.25, -0.2) is 4.79 Å². The van der Waals surface area contributed by atoms with Crippen LogP contribution in [0.3, 0.4) is 0 Å². The Kier molecular flexibility index (Phi) is 10.6. The molecule has 0 radical (unpaired) electrons. The van der Waals surface area contributed by atoms with Crippen LogP contribution in [0.5, 0.6) is 11.5 Å². The molecule has 1 aromatic heterocycles. The minimum atomic E-state index is -1.07. The number of carbonyl (C=O) groups is 4. The number of carboxylic acids is 1. The van der Waals surface area contributed by atoms with Crippen molar-refractivity contribution in [1.82, 2.24) is 20.5 Å². The Bertz CT molecular complexity index is 1490. The van der Waals surface area contributed by atoms with Gasteiger partial charge >= 0.3 is 12.0 Å². The number of nitrogens with one attached hydrogen (secondary N) is 3. The molecule has 3 aromatic rings. The van der Waals surface area contributed by atoms with E-state index in [0.29, 0.717) is 66.7 Å². The lowest BCUT2D eigenvalue weighted by atomic mass is 10.0. The fourth-order valence-corrected chi connectivity index (χ4v) is 4.93. The quantitative estimate of drug-likeness (QED) is 0.258. The second-order valence-corrected chi connectivity index (χ2v) is 9.98. The van der Waals surface area contributed by atoms with Crippen molar-refractivity contribution in [2.45, 2.75) is 19.4 Å². The number of ether oxygens (including phenoxy) is 2. The number of aromatic nitrogens is 1. The average Bonchev–Trinajstić information content (AvgIpc) is 3.04. The van der Waals surface area contributed by atoms with Gasteiger partial charge in [-0.3, -0.25) is 19.4 Å². The number of urea groups is 1. The largest absolute Gasteiger partial charge is 0.493 e. The molecule has 1 fully saturated rings. The van der Waals surface area contributed by atoms with E-state index in [1.807, 2.05) is 4.90 Å². The van der Waals surface area contributed by atoms with Crippen LogP contribution in [0.15, 0.2) is 60.9 Å². The number of amides is 4. The SMILES string of the molecule is CCNC(=O)Nc1cc(C(=O)NC(CC(=O)O)c2cccnc2)ccc1N1CCN(C(=O)c2ccc(OC)c(OC)c2)CC1. The number of piperazine rings is 1. The van der Waals surface area contributed by atoms with Crippen LogP contribution in [0.2, 0.25) is 0 Å². The van der Waals surface area contributed by atoms with Crippen LogP contribution < -0.4 is 30.3 Å². The molecule has 2 aromatic carbocycles. The van der Waals surface area contributed by atoms with Gasteiger partial charge in [-0.15, -0.1) is 0 Å². The number of rotatable bonds is 11. The Labute approximate surface area is 255 Å². The third kappa shape index (κ3) is 7.73. The molecule has 2 heterocycles. The zero-order valence-corrected chi connectivity index (χ0v) is 24.8. The van der Waals surface area contributed by atoms with Crippen LogP contribution in [-0.2, 0) is 4.79 Å². The summed E-state index contributed by atoms with van der Waals surface area (Å²) >= 11 is 0. The number of aliphatic carboxylic acids is 1. The summed E-state index contributed by atoms with van der Waals surface area (Å²) in [5.41, 5.74) is 2.36. The smallest absolute Gasteiger partial charge is 0.319 e. The summed E-state index contributed by atoms with van der Waals surface area (Å²) in [7, 11) is 3.05. The molecule has 4 N–H and O–H groups in total. The molecular weight excluding hydrogens is 568 g/mol. The molecule has 1 aliphatic rings. The maximum Gasteiger partial charge on any atom is 0.319 e. The molecule has 232 valence electrons. The summed E-state index contributed by atoms with van der Waals surface area (Å²) in [6.07, 6.45) is 2.74. The second-order valence-electron chi connectivity index (χ2n) is 9.98. The van der Waals surface area contributed by atoms with Crippen molar-refractivity contribution in [3.8, 4) is 11.5 Å². The Hall–Kier alpha value is -5.33. The van der Waals surface area contributed by atoms with E-state index >= 15 is 0 Å². The molecule has 0 saturated carbocycles. The van der Waals surface area contributed by atoms with Gasteiger partial charge in [0.2, 0.25) is 0 Å². The van der Waals surface area contributed by atoms with Gasteiger partial charge in [-0.1, -0.05) is 6.07 Å². The highest BCUT2D eigenvalue weighted by atomic mass is 16.5. The number of carbonyl (C=O) groups excluding carboxylic acids is 3. The molecule has 13 nitrogen and oxygen atoms in total. The molecule has 1 unspecified atom stereocenters. The van der Waals surface area contributed by atoms with E-state index in [-0.39, 0.29) is 17.9 Å². The van der Waals surface area contributed by atoms with Crippen molar-refractivity contribution >= 4 is 35.2 Å². The topological polar surface area (TPSA) is 162 Å². The van der Waals surface area contributed by atoms with Gasteiger partial charge in [-0.2, -0.15) is 0 Å². The Morgan fingerprint density at radius 2 is 1.68 bits per heavy atom. The van der Waals surface area contributed by atoms with E-state index in [1.54, 1.807) is 66.6 Å². The van der Waals surface area contributed by atoms with E-state index in [9.17, 15) is 24.3 Å². The molecule has 0 bridgehead atoms. The molecule has 1 atom stereocenters.